The quantitative estimate of drug-likeness (QED) is 0.903. The minimum Gasteiger partial charge on any atom is -0.480 e. The number of rotatable bonds is 3. The molecule has 1 amide bonds. The number of hydrogen-bond acceptors (Lipinski definition) is 2. The Hall–Kier alpha value is -1.10. The summed E-state index contributed by atoms with van der Waals surface area (Å²) in [6, 6.07) is 3.97. The first-order valence-corrected chi connectivity index (χ1v) is 4.71. The van der Waals surface area contributed by atoms with Crippen LogP contribution in [0, 0.1) is 5.82 Å². The molecule has 0 saturated heterocycles. The maximum Gasteiger partial charge on any atom is 0.258 e. The van der Waals surface area contributed by atoms with Crippen LogP contribution in [-0.2, 0) is 4.79 Å². The van der Waals surface area contributed by atoms with E-state index in [-0.39, 0.29) is 5.75 Å². The second-order valence-corrected chi connectivity index (χ2v) is 3.59. The summed E-state index contributed by atoms with van der Waals surface area (Å²) in [4.78, 5) is 10.7. The van der Waals surface area contributed by atoms with E-state index in [0.29, 0.717) is 4.47 Å². The first-order chi connectivity index (χ1) is 6.50. The molecule has 0 fully saturated rings. The van der Waals surface area contributed by atoms with Gasteiger partial charge in [0.2, 0.25) is 0 Å². The second kappa shape index (κ2) is 4.41. The molecular formula is C9H9BrFNO2. The van der Waals surface area contributed by atoms with Crippen LogP contribution in [0.15, 0.2) is 22.7 Å². The topological polar surface area (TPSA) is 52.3 Å². The minimum atomic E-state index is -0.784. The van der Waals surface area contributed by atoms with Gasteiger partial charge < -0.3 is 10.5 Å². The van der Waals surface area contributed by atoms with Crippen molar-refractivity contribution >= 4 is 21.8 Å². The highest BCUT2D eigenvalue weighted by atomic mass is 79.9. The normalized spacial score (nSPS) is 12.2. The molecule has 0 aliphatic carbocycles. The van der Waals surface area contributed by atoms with Crippen molar-refractivity contribution in [2.24, 2.45) is 5.73 Å². The lowest BCUT2D eigenvalue weighted by Gasteiger charge is -2.12. The fraction of sp³-hybridized carbons (Fsp3) is 0.222. The molecule has 2 N–H and O–H groups in total. The standard InChI is InChI=1S/C9H9BrFNO2/c1-5(9(12)13)14-8-4-6(11)2-3-7(8)10/h2-5H,1H3,(H2,12,13). The lowest BCUT2D eigenvalue weighted by molar-refractivity contribution is -0.124. The summed E-state index contributed by atoms with van der Waals surface area (Å²) in [5, 5.41) is 0. The fourth-order valence-electron chi connectivity index (χ4n) is 0.816. The molecule has 0 heterocycles. The Morgan fingerprint density at radius 2 is 2.29 bits per heavy atom. The zero-order valence-electron chi connectivity index (χ0n) is 7.46. The summed E-state index contributed by atoms with van der Waals surface area (Å²) in [6.07, 6.45) is -0.784. The molecule has 14 heavy (non-hydrogen) atoms. The molecule has 0 saturated carbocycles. The average molecular weight is 262 g/mol. The van der Waals surface area contributed by atoms with Crippen molar-refractivity contribution in [3.8, 4) is 5.75 Å². The van der Waals surface area contributed by atoms with Crippen LogP contribution in [-0.4, -0.2) is 12.0 Å². The fourth-order valence-corrected chi connectivity index (χ4v) is 1.16. The largest absolute Gasteiger partial charge is 0.480 e. The number of carbonyl (C=O) groups excluding carboxylic acids is 1. The van der Waals surface area contributed by atoms with E-state index >= 15 is 0 Å². The highest BCUT2D eigenvalue weighted by Gasteiger charge is 2.12. The smallest absolute Gasteiger partial charge is 0.258 e. The van der Waals surface area contributed by atoms with Gasteiger partial charge in [-0.25, -0.2) is 4.39 Å². The maximum atomic E-state index is 12.8. The van der Waals surface area contributed by atoms with Crippen LogP contribution in [0.25, 0.3) is 0 Å². The molecule has 0 aliphatic heterocycles. The van der Waals surface area contributed by atoms with Crippen molar-refractivity contribution in [3.63, 3.8) is 0 Å². The Balaban J connectivity index is 2.85. The summed E-state index contributed by atoms with van der Waals surface area (Å²) < 4.78 is 18.5. The number of hydrogen-bond donors (Lipinski definition) is 1. The van der Waals surface area contributed by atoms with Crippen molar-refractivity contribution in [2.45, 2.75) is 13.0 Å². The molecule has 0 aromatic heterocycles. The number of ether oxygens (including phenoxy) is 1. The van der Waals surface area contributed by atoms with Crippen LogP contribution in [0.3, 0.4) is 0 Å². The van der Waals surface area contributed by atoms with Gasteiger partial charge in [0.1, 0.15) is 11.6 Å². The predicted octanol–water partition coefficient (Wildman–Crippen LogP) is 1.84. The van der Waals surface area contributed by atoms with Crippen molar-refractivity contribution < 1.29 is 13.9 Å². The molecule has 1 unspecified atom stereocenters. The summed E-state index contributed by atoms with van der Waals surface area (Å²) >= 11 is 3.16. The van der Waals surface area contributed by atoms with Crippen molar-refractivity contribution in [3.05, 3.63) is 28.5 Å². The van der Waals surface area contributed by atoms with Gasteiger partial charge in [0.05, 0.1) is 4.47 Å². The summed E-state index contributed by atoms with van der Waals surface area (Å²) in [6.45, 7) is 1.50. The van der Waals surface area contributed by atoms with Gasteiger partial charge in [0.25, 0.3) is 5.91 Å². The number of halogens is 2. The third kappa shape index (κ3) is 2.70. The third-order valence-corrected chi connectivity index (χ3v) is 2.25. The molecule has 0 spiro atoms. The molecule has 3 nitrogen and oxygen atoms in total. The second-order valence-electron chi connectivity index (χ2n) is 2.74. The average Bonchev–Trinajstić information content (AvgIpc) is 2.11. The number of primary amides is 1. The first kappa shape index (κ1) is 11.0. The zero-order valence-corrected chi connectivity index (χ0v) is 9.05. The van der Waals surface area contributed by atoms with Crippen LogP contribution in [0.1, 0.15) is 6.92 Å². The van der Waals surface area contributed by atoms with Gasteiger partial charge in [-0.05, 0) is 35.0 Å². The molecular weight excluding hydrogens is 253 g/mol. The number of carbonyl (C=O) groups is 1. The van der Waals surface area contributed by atoms with E-state index in [0.717, 1.165) is 0 Å². The summed E-state index contributed by atoms with van der Waals surface area (Å²) in [7, 11) is 0. The zero-order chi connectivity index (χ0) is 10.7. The molecule has 76 valence electrons. The molecule has 0 bridgehead atoms. The maximum absolute atomic E-state index is 12.8. The predicted molar refractivity (Wildman–Crippen MR) is 53.4 cm³/mol. The van der Waals surface area contributed by atoms with Gasteiger partial charge >= 0.3 is 0 Å². The van der Waals surface area contributed by atoms with Crippen LogP contribution in [0.5, 0.6) is 5.75 Å². The van der Waals surface area contributed by atoms with E-state index in [1.165, 1.54) is 25.1 Å². The van der Waals surface area contributed by atoms with Gasteiger partial charge in [-0.1, -0.05) is 0 Å². The molecule has 1 rings (SSSR count). The monoisotopic (exact) mass is 261 g/mol. The van der Waals surface area contributed by atoms with Crippen molar-refractivity contribution in [1.29, 1.82) is 0 Å². The Morgan fingerprint density at radius 3 is 2.86 bits per heavy atom. The van der Waals surface area contributed by atoms with Crippen LogP contribution in [0.2, 0.25) is 0 Å². The van der Waals surface area contributed by atoms with Crippen LogP contribution >= 0.6 is 15.9 Å². The van der Waals surface area contributed by atoms with E-state index in [9.17, 15) is 9.18 Å². The van der Waals surface area contributed by atoms with E-state index in [2.05, 4.69) is 15.9 Å². The van der Waals surface area contributed by atoms with E-state index < -0.39 is 17.8 Å². The summed E-state index contributed by atoms with van der Waals surface area (Å²) in [5.41, 5.74) is 5.00. The SMILES string of the molecule is CC(Oc1cc(F)ccc1Br)C(N)=O. The Bertz CT molecular complexity index is 357. The third-order valence-electron chi connectivity index (χ3n) is 1.60. The molecule has 5 heteroatoms. The Labute approximate surface area is 89.2 Å². The van der Waals surface area contributed by atoms with Crippen molar-refractivity contribution in [1.82, 2.24) is 0 Å². The molecule has 0 aliphatic rings. The van der Waals surface area contributed by atoms with E-state index in [1.807, 2.05) is 0 Å². The number of nitrogens with two attached hydrogens (primary N) is 1. The van der Waals surface area contributed by atoms with Crippen LogP contribution in [0.4, 0.5) is 4.39 Å². The highest BCUT2D eigenvalue weighted by molar-refractivity contribution is 9.10. The molecule has 1 aromatic carbocycles. The number of amides is 1. The minimum absolute atomic E-state index is 0.260. The molecule has 1 aromatic rings. The van der Waals surface area contributed by atoms with Gasteiger partial charge in [-0.2, -0.15) is 0 Å². The van der Waals surface area contributed by atoms with Gasteiger partial charge in [0, 0.05) is 6.07 Å². The highest BCUT2D eigenvalue weighted by Crippen LogP contribution is 2.26. The van der Waals surface area contributed by atoms with E-state index in [1.54, 1.807) is 0 Å². The van der Waals surface area contributed by atoms with E-state index in [4.69, 9.17) is 10.5 Å². The lowest BCUT2D eigenvalue weighted by atomic mass is 10.3. The molecule has 0 radical (unpaired) electrons. The van der Waals surface area contributed by atoms with Gasteiger partial charge in [-0.3, -0.25) is 4.79 Å². The number of benzene rings is 1. The first-order valence-electron chi connectivity index (χ1n) is 3.91. The Morgan fingerprint density at radius 1 is 1.64 bits per heavy atom. The van der Waals surface area contributed by atoms with Gasteiger partial charge in [-0.15, -0.1) is 0 Å². The van der Waals surface area contributed by atoms with Crippen LogP contribution < -0.4 is 10.5 Å². The van der Waals surface area contributed by atoms with Crippen molar-refractivity contribution in [2.75, 3.05) is 0 Å². The summed E-state index contributed by atoms with van der Waals surface area (Å²) in [5.74, 6) is -0.766. The Kier molecular flexibility index (Phi) is 3.46. The van der Waals surface area contributed by atoms with Gasteiger partial charge in [0.15, 0.2) is 6.10 Å². The lowest BCUT2D eigenvalue weighted by Crippen LogP contribution is -2.30. The molecule has 1 atom stereocenters.